The van der Waals surface area contributed by atoms with Gasteiger partial charge in [0.25, 0.3) is 0 Å². The molecule has 2 saturated heterocycles. The molecule has 1 amide bonds. The molecule has 0 bridgehead atoms. The summed E-state index contributed by atoms with van der Waals surface area (Å²) in [6, 6.07) is 12.7. The van der Waals surface area contributed by atoms with E-state index in [0.717, 1.165) is 38.5 Å². The van der Waals surface area contributed by atoms with Gasteiger partial charge in [-0.25, -0.2) is 4.39 Å². The highest BCUT2D eigenvalue weighted by Gasteiger charge is 2.40. The number of likely N-dealkylation sites (tertiary alicyclic amines) is 1. The van der Waals surface area contributed by atoms with Crippen LogP contribution in [0.3, 0.4) is 0 Å². The van der Waals surface area contributed by atoms with E-state index in [1.807, 2.05) is 18.2 Å². The Labute approximate surface area is 177 Å². The van der Waals surface area contributed by atoms with E-state index in [9.17, 15) is 22.4 Å². The number of hydrogen-bond donors (Lipinski definition) is 0. The van der Waals surface area contributed by atoms with Gasteiger partial charge >= 0.3 is 6.18 Å². The van der Waals surface area contributed by atoms with Crippen LogP contribution in [-0.4, -0.2) is 40.6 Å². The van der Waals surface area contributed by atoms with Crippen LogP contribution in [0.25, 0.3) is 0 Å². The second-order valence-electron chi connectivity index (χ2n) is 7.69. The van der Waals surface area contributed by atoms with E-state index in [0.29, 0.717) is 6.07 Å². The topological polar surface area (TPSA) is 23.6 Å². The van der Waals surface area contributed by atoms with E-state index < -0.39 is 22.9 Å². The van der Waals surface area contributed by atoms with Gasteiger partial charge in [0.2, 0.25) is 5.91 Å². The van der Waals surface area contributed by atoms with Crippen LogP contribution in [0.4, 0.5) is 17.6 Å². The molecule has 0 spiro atoms. The Bertz CT molecular complexity index is 898. The van der Waals surface area contributed by atoms with E-state index in [4.69, 9.17) is 0 Å². The molecular formula is C22H22F4N2OS. The summed E-state index contributed by atoms with van der Waals surface area (Å²) in [7, 11) is 0. The molecule has 2 aromatic carbocycles. The van der Waals surface area contributed by atoms with Gasteiger partial charge in [0.15, 0.2) is 0 Å². The fourth-order valence-electron chi connectivity index (χ4n) is 4.17. The predicted octanol–water partition coefficient (Wildman–Crippen LogP) is 5.08. The molecule has 2 aliphatic heterocycles. The van der Waals surface area contributed by atoms with Gasteiger partial charge in [-0.2, -0.15) is 13.2 Å². The number of nitrogens with zero attached hydrogens (tertiary/aromatic N) is 2. The molecule has 2 aromatic rings. The predicted molar refractivity (Wildman–Crippen MR) is 108 cm³/mol. The fraction of sp³-hybridized carbons (Fsp3) is 0.409. The molecule has 2 aliphatic rings. The Morgan fingerprint density at radius 2 is 1.73 bits per heavy atom. The van der Waals surface area contributed by atoms with Crippen molar-refractivity contribution in [1.82, 2.24) is 9.80 Å². The first-order chi connectivity index (χ1) is 14.3. The van der Waals surface area contributed by atoms with Crippen LogP contribution in [0.5, 0.6) is 0 Å². The SMILES string of the molecule is O=C1CSC(c2ccc(C(F)(F)F)cc2F)N1C1CCN(Cc2ccccc2)CC1. The molecule has 2 fully saturated rings. The van der Waals surface area contributed by atoms with Crippen molar-refractivity contribution in [1.29, 1.82) is 0 Å². The van der Waals surface area contributed by atoms with E-state index >= 15 is 0 Å². The van der Waals surface area contributed by atoms with Crippen LogP contribution in [0.2, 0.25) is 0 Å². The van der Waals surface area contributed by atoms with Crippen LogP contribution in [0.1, 0.15) is 34.9 Å². The Morgan fingerprint density at radius 3 is 2.37 bits per heavy atom. The first kappa shape index (κ1) is 21.2. The minimum atomic E-state index is -4.59. The summed E-state index contributed by atoms with van der Waals surface area (Å²) in [6.07, 6.45) is -3.07. The zero-order valence-electron chi connectivity index (χ0n) is 16.2. The standard InChI is InChI=1S/C22H22F4N2OS/c23-19-12-16(22(24,25)26)6-7-18(19)21-28(20(29)14-30-21)17-8-10-27(11-9-17)13-15-4-2-1-3-5-15/h1-7,12,17,21H,8-11,13-14H2. The van der Waals surface area contributed by atoms with Crippen molar-refractivity contribution < 1.29 is 22.4 Å². The average Bonchev–Trinajstić information content (AvgIpc) is 3.10. The summed E-state index contributed by atoms with van der Waals surface area (Å²) in [5.41, 5.74) is 0.359. The Kier molecular flexibility index (Phi) is 6.06. The highest BCUT2D eigenvalue weighted by Crippen LogP contribution is 2.43. The minimum Gasteiger partial charge on any atom is -0.323 e. The normalized spacial score (nSPS) is 21.4. The molecule has 30 heavy (non-hydrogen) atoms. The van der Waals surface area contributed by atoms with Gasteiger partial charge in [-0.05, 0) is 30.5 Å². The third kappa shape index (κ3) is 4.49. The van der Waals surface area contributed by atoms with Crippen LogP contribution in [0.15, 0.2) is 48.5 Å². The van der Waals surface area contributed by atoms with E-state index in [1.165, 1.54) is 23.4 Å². The molecule has 160 valence electrons. The lowest BCUT2D eigenvalue weighted by molar-refractivity contribution is -0.138. The lowest BCUT2D eigenvalue weighted by Gasteiger charge is -2.39. The number of thioether (sulfide) groups is 1. The van der Waals surface area contributed by atoms with E-state index in [2.05, 4.69) is 17.0 Å². The lowest BCUT2D eigenvalue weighted by Crippen LogP contribution is -2.46. The van der Waals surface area contributed by atoms with Gasteiger partial charge in [-0.15, -0.1) is 11.8 Å². The summed E-state index contributed by atoms with van der Waals surface area (Å²) < 4.78 is 53.1. The fourth-order valence-corrected chi connectivity index (χ4v) is 5.44. The number of rotatable bonds is 4. The van der Waals surface area contributed by atoms with Crippen molar-refractivity contribution in [3.8, 4) is 0 Å². The number of alkyl halides is 3. The second kappa shape index (κ2) is 8.59. The number of carbonyl (C=O) groups is 1. The highest BCUT2D eigenvalue weighted by atomic mass is 32.2. The maximum absolute atomic E-state index is 14.5. The number of benzene rings is 2. The molecule has 2 heterocycles. The van der Waals surface area contributed by atoms with Crippen LogP contribution < -0.4 is 0 Å². The molecular weight excluding hydrogens is 416 g/mol. The van der Waals surface area contributed by atoms with Gasteiger partial charge in [-0.1, -0.05) is 36.4 Å². The first-order valence-electron chi connectivity index (χ1n) is 9.88. The lowest BCUT2D eigenvalue weighted by atomic mass is 10.0. The van der Waals surface area contributed by atoms with Gasteiger partial charge in [0, 0.05) is 31.2 Å². The molecule has 1 unspecified atom stereocenters. The minimum absolute atomic E-state index is 0.0359. The number of piperidine rings is 1. The molecule has 0 aliphatic carbocycles. The smallest absolute Gasteiger partial charge is 0.323 e. The number of hydrogen-bond acceptors (Lipinski definition) is 3. The monoisotopic (exact) mass is 438 g/mol. The van der Waals surface area contributed by atoms with Crippen LogP contribution in [-0.2, 0) is 17.5 Å². The summed E-state index contributed by atoms with van der Waals surface area (Å²) in [6.45, 7) is 2.47. The van der Waals surface area contributed by atoms with Crippen molar-refractivity contribution in [2.75, 3.05) is 18.8 Å². The zero-order valence-corrected chi connectivity index (χ0v) is 17.1. The molecule has 0 radical (unpaired) electrons. The van der Waals surface area contributed by atoms with Gasteiger partial charge in [0.05, 0.1) is 11.3 Å². The maximum Gasteiger partial charge on any atom is 0.416 e. The molecule has 0 aromatic heterocycles. The maximum atomic E-state index is 14.5. The van der Waals surface area contributed by atoms with Gasteiger partial charge in [-0.3, -0.25) is 9.69 Å². The average molecular weight is 438 g/mol. The van der Waals surface area contributed by atoms with Gasteiger partial charge < -0.3 is 4.90 Å². The van der Waals surface area contributed by atoms with Crippen molar-refractivity contribution in [2.24, 2.45) is 0 Å². The Hall–Kier alpha value is -2.06. The summed E-state index contributed by atoms with van der Waals surface area (Å²) in [5, 5.41) is -0.578. The first-order valence-corrected chi connectivity index (χ1v) is 10.9. The Morgan fingerprint density at radius 1 is 1.03 bits per heavy atom. The zero-order chi connectivity index (χ0) is 21.3. The third-order valence-electron chi connectivity index (χ3n) is 5.70. The summed E-state index contributed by atoms with van der Waals surface area (Å²) >= 11 is 1.28. The summed E-state index contributed by atoms with van der Waals surface area (Å²) in [5.74, 6) is -0.774. The molecule has 8 heteroatoms. The van der Waals surface area contributed by atoms with Crippen molar-refractivity contribution >= 4 is 17.7 Å². The van der Waals surface area contributed by atoms with Crippen LogP contribution >= 0.6 is 11.8 Å². The highest BCUT2D eigenvalue weighted by molar-refractivity contribution is 8.00. The van der Waals surface area contributed by atoms with Crippen LogP contribution in [0, 0.1) is 5.82 Å². The molecule has 0 saturated carbocycles. The largest absolute Gasteiger partial charge is 0.416 e. The van der Waals surface area contributed by atoms with Crippen molar-refractivity contribution in [3.63, 3.8) is 0 Å². The van der Waals surface area contributed by atoms with Gasteiger partial charge in [0.1, 0.15) is 11.2 Å². The number of halogens is 4. The number of amides is 1. The number of carbonyl (C=O) groups excluding carboxylic acids is 1. The molecule has 0 N–H and O–H groups in total. The van der Waals surface area contributed by atoms with E-state index in [1.54, 1.807) is 4.90 Å². The third-order valence-corrected chi connectivity index (χ3v) is 6.91. The second-order valence-corrected chi connectivity index (χ2v) is 8.76. The quantitative estimate of drug-likeness (QED) is 0.622. The summed E-state index contributed by atoms with van der Waals surface area (Å²) in [4.78, 5) is 16.6. The van der Waals surface area contributed by atoms with E-state index in [-0.39, 0.29) is 23.3 Å². The molecule has 4 rings (SSSR count). The van der Waals surface area contributed by atoms with Crippen molar-refractivity contribution in [3.05, 3.63) is 71.0 Å². The molecule has 3 nitrogen and oxygen atoms in total. The Balaban J connectivity index is 1.45. The van der Waals surface area contributed by atoms with Crippen molar-refractivity contribution in [2.45, 2.75) is 37.0 Å². The molecule has 1 atom stereocenters.